The van der Waals surface area contributed by atoms with E-state index in [1.807, 2.05) is 11.0 Å². The second-order valence-corrected chi connectivity index (χ2v) is 8.06. The summed E-state index contributed by atoms with van der Waals surface area (Å²) in [5.41, 5.74) is 3.67. The molecule has 27 heavy (non-hydrogen) atoms. The van der Waals surface area contributed by atoms with Gasteiger partial charge < -0.3 is 14.8 Å². The zero-order chi connectivity index (χ0) is 18.2. The number of piperidine rings is 1. The van der Waals surface area contributed by atoms with Crippen LogP contribution in [0.2, 0.25) is 0 Å². The largest absolute Gasteiger partial charge is 0.339 e. The molecule has 6 nitrogen and oxygen atoms in total. The average Bonchev–Trinajstić information content (AvgIpc) is 3.17. The Morgan fingerprint density at radius 1 is 1.04 bits per heavy atom. The number of hydrogen-bond donors (Lipinski definition) is 1. The molecular formula is C21H27N5O. The van der Waals surface area contributed by atoms with Crippen molar-refractivity contribution in [3.63, 3.8) is 0 Å². The number of hydrogen-bond acceptors (Lipinski definition) is 4. The number of aryl methyl sites for hydroxylation is 2. The van der Waals surface area contributed by atoms with Gasteiger partial charge in [0.05, 0.1) is 6.54 Å². The van der Waals surface area contributed by atoms with Crippen molar-refractivity contribution in [3.05, 3.63) is 46.5 Å². The van der Waals surface area contributed by atoms with Crippen LogP contribution >= 0.6 is 0 Å². The number of amides is 1. The summed E-state index contributed by atoms with van der Waals surface area (Å²) in [5.74, 6) is 2.77. The number of nitrogens with zero attached hydrogens (tertiary/aromatic N) is 4. The molecule has 0 unspecified atom stereocenters. The highest BCUT2D eigenvalue weighted by Gasteiger charge is 2.29. The molecule has 5 rings (SSSR count). The molecule has 2 aromatic rings. The monoisotopic (exact) mass is 365 g/mol. The Bertz CT molecular complexity index is 850. The molecular weight excluding hydrogens is 338 g/mol. The third-order valence-corrected chi connectivity index (χ3v) is 6.39. The van der Waals surface area contributed by atoms with Crippen molar-refractivity contribution in [2.24, 2.45) is 0 Å². The fourth-order valence-corrected chi connectivity index (χ4v) is 4.81. The van der Waals surface area contributed by atoms with E-state index >= 15 is 0 Å². The van der Waals surface area contributed by atoms with Crippen molar-refractivity contribution in [1.82, 2.24) is 25.0 Å². The van der Waals surface area contributed by atoms with Gasteiger partial charge in [-0.05, 0) is 61.8 Å². The summed E-state index contributed by atoms with van der Waals surface area (Å²) in [6, 6.07) is 6.34. The van der Waals surface area contributed by atoms with Gasteiger partial charge in [0.2, 0.25) is 0 Å². The molecule has 0 radical (unpaired) electrons. The smallest absolute Gasteiger partial charge is 0.253 e. The van der Waals surface area contributed by atoms with Crippen LogP contribution in [0, 0.1) is 0 Å². The van der Waals surface area contributed by atoms with Crippen LogP contribution in [-0.2, 0) is 25.9 Å². The molecule has 6 heteroatoms. The number of likely N-dealkylation sites (tertiary alicyclic amines) is 1. The maximum Gasteiger partial charge on any atom is 0.253 e. The third kappa shape index (κ3) is 3.16. The molecule has 1 aliphatic carbocycles. The summed E-state index contributed by atoms with van der Waals surface area (Å²) in [7, 11) is 0. The van der Waals surface area contributed by atoms with Gasteiger partial charge in [-0.3, -0.25) is 4.79 Å². The van der Waals surface area contributed by atoms with Gasteiger partial charge in [-0.2, -0.15) is 0 Å². The van der Waals surface area contributed by atoms with E-state index in [0.29, 0.717) is 5.92 Å². The number of rotatable bonds is 2. The highest BCUT2D eigenvalue weighted by atomic mass is 16.2. The Kier molecular flexibility index (Phi) is 4.44. The Hall–Kier alpha value is -2.21. The van der Waals surface area contributed by atoms with Crippen molar-refractivity contribution in [3.8, 4) is 0 Å². The number of carbonyl (C=O) groups excluding carboxylic acids is 1. The van der Waals surface area contributed by atoms with Crippen LogP contribution in [0.4, 0.5) is 0 Å². The summed E-state index contributed by atoms with van der Waals surface area (Å²) in [6.07, 6.45) is 6.74. The molecule has 1 fully saturated rings. The minimum atomic E-state index is 0.189. The molecule has 1 N–H and O–H groups in total. The SMILES string of the molecule is O=C(c1ccc2c(c1)CCCC2)N1CCC(c2nnc3n2CCNC3)CC1. The van der Waals surface area contributed by atoms with Gasteiger partial charge in [0, 0.05) is 37.7 Å². The Morgan fingerprint density at radius 3 is 2.70 bits per heavy atom. The minimum absolute atomic E-state index is 0.189. The Morgan fingerprint density at radius 2 is 1.85 bits per heavy atom. The van der Waals surface area contributed by atoms with E-state index in [2.05, 4.69) is 32.2 Å². The van der Waals surface area contributed by atoms with E-state index in [4.69, 9.17) is 0 Å². The lowest BCUT2D eigenvalue weighted by molar-refractivity contribution is 0.0710. The second-order valence-electron chi connectivity index (χ2n) is 8.06. The first-order chi connectivity index (χ1) is 13.3. The van der Waals surface area contributed by atoms with E-state index in [1.165, 1.54) is 24.0 Å². The molecule has 1 amide bonds. The molecule has 0 atom stereocenters. The number of benzene rings is 1. The molecule has 142 valence electrons. The number of aromatic nitrogens is 3. The molecule has 1 saturated heterocycles. The van der Waals surface area contributed by atoms with Crippen molar-refractivity contribution in [1.29, 1.82) is 0 Å². The predicted molar refractivity (Wildman–Crippen MR) is 103 cm³/mol. The zero-order valence-corrected chi connectivity index (χ0v) is 15.8. The van der Waals surface area contributed by atoms with Crippen LogP contribution in [-0.4, -0.2) is 45.2 Å². The van der Waals surface area contributed by atoms with E-state index in [0.717, 1.165) is 75.6 Å². The normalized spacial score (nSPS) is 20.2. The van der Waals surface area contributed by atoms with Crippen LogP contribution in [0.25, 0.3) is 0 Å². The first-order valence-electron chi connectivity index (χ1n) is 10.3. The van der Waals surface area contributed by atoms with Gasteiger partial charge in [0.15, 0.2) is 0 Å². The first-order valence-corrected chi connectivity index (χ1v) is 10.3. The van der Waals surface area contributed by atoms with E-state index in [9.17, 15) is 4.79 Å². The van der Waals surface area contributed by atoms with Gasteiger partial charge in [-0.25, -0.2) is 0 Å². The van der Waals surface area contributed by atoms with E-state index in [1.54, 1.807) is 0 Å². The quantitative estimate of drug-likeness (QED) is 0.887. The topological polar surface area (TPSA) is 63.1 Å². The molecule has 0 spiro atoms. The standard InChI is InChI=1S/C21H27N5O/c27-21(18-6-5-15-3-1-2-4-17(15)13-18)25-10-7-16(8-11-25)20-24-23-19-14-22-9-12-26(19)20/h5-6,13,16,22H,1-4,7-12,14H2. The van der Waals surface area contributed by atoms with Gasteiger partial charge in [0.25, 0.3) is 5.91 Å². The van der Waals surface area contributed by atoms with Crippen molar-refractivity contribution >= 4 is 5.91 Å². The molecule has 0 bridgehead atoms. The molecule has 1 aromatic heterocycles. The van der Waals surface area contributed by atoms with Gasteiger partial charge >= 0.3 is 0 Å². The summed E-state index contributed by atoms with van der Waals surface area (Å²) in [6.45, 7) is 4.35. The maximum atomic E-state index is 13.0. The first kappa shape index (κ1) is 16.9. The summed E-state index contributed by atoms with van der Waals surface area (Å²) >= 11 is 0. The lowest BCUT2D eigenvalue weighted by Gasteiger charge is -2.32. The second kappa shape index (κ2) is 7.08. The van der Waals surface area contributed by atoms with Crippen molar-refractivity contribution < 1.29 is 4.79 Å². The molecule has 0 saturated carbocycles. The fraction of sp³-hybridized carbons (Fsp3) is 0.571. The highest BCUT2D eigenvalue weighted by molar-refractivity contribution is 5.94. The van der Waals surface area contributed by atoms with E-state index in [-0.39, 0.29) is 5.91 Å². The predicted octanol–water partition coefficient (Wildman–Crippen LogP) is 2.28. The lowest BCUT2D eigenvalue weighted by Crippen LogP contribution is -2.39. The van der Waals surface area contributed by atoms with Crippen LogP contribution in [0.1, 0.15) is 64.7 Å². The molecule has 3 aliphatic rings. The molecule has 2 aliphatic heterocycles. The fourth-order valence-electron chi connectivity index (χ4n) is 4.81. The van der Waals surface area contributed by atoms with Crippen molar-refractivity contribution in [2.75, 3.05) is 19.6 Å². The van der Waals surface area contributed by atoms with E-state index < -0.39 is 0 Å². The Labute approximate surface area is 160 Å². The van der Waals surface area contributed by atoms with Gasteiger partial charge in [-0.1, -0.05) is 6.07 Å². The van der Waals surface area contributed by atoms with Crippen LogP contribution in [0.3, 0.4) is 0 Å². The maximum absolute atomic E-state index is 13.0. The summed E-state index contributed by atoms with van der Waals surface area (Å²) in [5, 5.41) is 12.2. The lowest BCUT2D eigenvalue weighted by atomic mass is 9.90. The number of fused-ring (bicyclic) bond motifs is 2. The summed E-state index contributed by atoms with van der Waals surface area (Å²) in [4.78, 5) is 15.0. The number of carbonyl (C=O) groups is 1. The third-order valence-electron chi connectivity index (χ3n) is 6.39. The highest BCUT2D eigenvalue weighted by Crippen LogP contribution is 2.29. The van der Waals surface area contributed by atoms with Crippen molar-refractivity contribution in [2.45, 2.75) is 57.5 Å². The molecule has 3 heterocycles. The van der Waals surface area contributed by atoms with Gasteiger partial charge in [-0.15, -0.1) is 10.2 Å². The Balaban J connectivity index is 1.26. The van der Waals surface area contributed by atoms with Crippen LogP contribution < -0.4 is 5.32 Å². The average molecular weight is 365 g/mol. The van der Waals surface area contributed by atoms with Gasteiger partial charge in [0.1, 0.15) is 11.6 Å². The van der Waals surface area contributed by atoms with Crippen LogP contribution in [0.5, 0.6) is 0 Å². The molecule has 1 aromatic carbocycles. The summed E-state index contributed by atoms with van der Waals surface area (Å²) < 4.78 is 2.28. The minimum Gasteiger partial charge on any atom is -0.339 e. The van der Waals surface area contributed by atoms with Crippen LogP contribution in [0.15, 0.2) is 18.2 Å². The zero-order valence-electron chi connectivity index (χ0n) is 15.8. The number of nitrogens with one attached hydrogen (secondary N) is 1.